The van der Waals surface area contributed by atoms with Crippen LogP contribution < -0.4 is 19.5 Å². The Morgan fingerprint density at radius 2 is 1.77 bits per heavy atom. The fourth-order valence-corrected chi connectivity index (χ4v) is 4.97. The van der Waals surface area contributed by atoms with Crippen LogP contribution in [0.4, 0.5) is 0 Å². The average molecular weight is 446 g/mol. The zero-order chi connectivity index (χ0) is 22.6. The van der Waals surface area contributed by atoms with Crippen molar-refractivity contribution in [1.82, 2.24) is 5.32 Å². The molecule has 1 N–H and O–H groups in total. The van der Waals surface area contributed by atoms with E-state index >= 15 is 0 Å². The first-order valence-corrected chi connectivity index (χ1v) is 10.7. The zero-order valence-electron chi connectivity index (χ0n) is 18.3. The number of carbonyl (C=O) groups excluding carboxylic acids is 2. The van der Waals surface area contributed by atoms with Gasteiger partial charge in [0.25, 0.3) is 0 Å². The van der Waals surface area contributed by atoms with Crippen molar-refractivity contribution in [3.8, 4) is 17.2 Å². The molecule has 2 aromatic rings. The quantitative estimate of drug-likeness (QED) is 0.620. The van der Waals surface area contributed by atoms with Crippen molar-refractivity contribution in [1.29, 1.82) is 0 Å². The van der Waals surface area contributed by atoms with E-state index in [4.69, 9.17) is 18.9 Å². The van der Waals surface area contributed by atoms with Gasteiger partial charge in [-0.15, -0.1) is 11.8 Å². The Bertz CT molecular complexity index is 946. The molecule has 0 unspecified atom stereocenters. The van der Waals surface area contributed by atoms with Gasteiger partial charge in [-0.25, -0.2) is 0 Å². The fourth-order valence-electron chi connectivity index (χ4n) is 3.59. The largest absolute Gasteiger partial charge is 0.497 e. The Labute approximate surface area is 186 Å². The van der Waals surface area contributed by atoms with Crippen LogP contribution in [0.3, 0.4) is 0 Å². The van der Waals surface area contributed by atoms with Crippen LogP contribution in [0, 0.1) is 0 Å². The first-order chi connectivity index (χ1) is 14.8. The lowest BCUT2D eigenvalue weighted by atomic mass is 9.92. The van der Waals surface area contributed by atoms with E-state index < -0.39 is 16.8 Å². The van der Waals surface area contributed by atoms with Gasteiger partial charge in [0, 0.05) is 4.90 Å². The van der Waals surface area contributed by atoms with Crippen LogP contribution in [-0.4, -0.2) is 44.1 Å². The number of esters is 1. The SMILES string of the molecule is COC(=O)[C@]1(Sc2ccc(OC)cc2)CC(=O)N[C@@H]1c1ccc(OC(C)C)c(OC)c1. The fraction of sp³-hybridized carbons (Fsp3) is 0.391. The molecule has 1 aliphatic rings. The Balaban J connectivity index is 2.03. The second kappa shape index (κ2) is 9.51. The molecule has 2 atom stereocenters. The van der Waals surface area contributed by atoms with Gasteiger partial charge in [0.2, 0.25) is 5.91 Å². The van der Waals surface area contributed by atoms with Crippen LogP contribution in [0.25, 0.3) is 0 Å². The number of amides is 1. The van der Waals surface area contributed by atoms with Crippen LogP contribution in [0.2, 0.25) is 0 Å². The van der Waals surface area contributed by atoms with E-state index in [1.165, 1.54) is 18.9 Å². The van der Waals surface area contributed by atoms with Crippen molar-refractivity contribution in [2.75, 3.05) is 21.3 Å². The molecule has 7 nitrogen and oxygen atoms in total. The van der Waals surface area contributed by atoms with Crippen LogP contribution in [0.15, 0.2) is 47.4 Å². The zero-order valence-corrected chi connectivity index (χ0v) is 19.1. The molecule has 0 bridgehead atoms. The Kier molecular flexibility index (Phi) is 7.00. The third kappa shape index (κ3) is 4.74. The number of carbonyl (C=O) groups is 2. The van der Waals surface area contributed by atoms with E-state index in [9.17, 15) is 9.59 Å². The van der Waals surface area contributed by atoms with E-state index in [1.54, 1.807) is 26.4 Å². The molecular formula is C23H27NO6S. The number of methoxy groups -OCH3 is 3. The molecule has 0 aromatic heterocycles. The minimum atomic E-state index is -1.17. The normalized spacial score (nSPS) is 20.3. The van der Waals surface area contributed by atoms with E-state index in [-0.39, 0.29) is 18.4 Å². The minimum absolute atomic E-state index is 0.00635. The highest BCUT2D eigenvalue weighted by molar-refractivity contribution is 8.01. The number of benzene rings is 2. The summed E-state index contributed by atoms with van der Waals surface area (Å²) in [4.78, 5) is 26.4. The van der Waals surface area contributed by atoms with Gasteiger partial charge < -0.3 is 24.3 Å². The first-order valence-electron chi connectivity index (χ1n) is 9.88. The first kappa shape index (κ1) is 22.8. The van der Waals surface area contributed by atoms with E-state index in [0.29, 0.717) is 17.2 Å². The number of hydrogen-bond acceptors (Lipinski definition) is 7. The third-order valence-corrected chi connectivity index (χ3v) is 6.39. The average Bonchev–Trinajstić information content (AvgIpc) is 3.10. The molecule has 1 saturated heterocycles. The summed E-state index contributed by atoms with van der Waals surface area (Å²) in [5, 5.41) is 2.95. The molecule has 1 amide bonds. The van der Waals surface area contributed by atoms with Gasteiger partial charge in [-0.2, -0.15) is 0 Å². The maximum atomic E-state index is 13.0. The topological polar surface area (TPSA) is 83.1 Å². The molecule has 1 aliphatic heterocycles. The maximum Gasteiger partial charge on any atom is 0.325 e. The van der Waals surface area contributed by atoms with Gasteiger partial charge in [0.05, 0.1) is 39.9 Å². The maximum absolute atomic E-state index is 13.0. The van der Waals surface area contributed by atoms with Gasteiger partial charge in [0.1, 0.15) is 5.75 Å². The third-order valence-electron chi connectivity index (χ3n) is 4.97. The number of hydrogen-bond donors (Lipinski definition) is 1. The molecule has 0 aliphatic carbocycles. The molecule has 1 fully saturated rings. The Hall–Kier alpha value is -2.87. The molecule has 0 radical (unpaired) electrons. The number of ether oxygens (including phenoxy) is 4. The number of rotatable bonds is 8. The summed E-state index contributed by atoms with van der Waals surface area (Å²) in [6, 6.07) is 12.1. The highest BCUT2D eigenvalue weighted by Crippen LogP contribution is 2.50. The minimum Gasteiger partial charge on any atom is -0.497 e. The molecule has 8 heteroatoms. The van der Waals surface area contributed by atoms with Crippen LogP contribution in [-0.2, 0) is 14.3 Å². The van der Waals surface area contributed by atoms with Crippen LogP contribution in [0.1, 0.15) is 31.9 Å². The summed E-state index contributed by atoms with van der Waals surface area (Å²) in [6.45, 7) is 3.86. The van der Waals surface area contributed by atoms with Gasteiger partial charge in [-0.1, -0.05) is 6.07 Å². The Morgan fingerprint density at radius 1 is 1.06 bits per heavy atom. The molecule has 0 spiro atoms. The summed E-state index contributed by atoms with van der Waals surface area (Å²) >= 11 is 1.30. The smallest absolute Gasteiger partial charge is 0.325 e. The lowest BCUT2D eigenvalue weighted by Gasteiger charge is -2.31. The predicted octanol–water partition coefficient (Wildman–Crippen LogP) is 3.76. The molecule has 2 aromatic carbocycles. The molecule has 166 valence electrons. The van der Waals surface area contributed by atoms with E-state index in [0.717, 1.165) is 10.5 Å². The summed E-state index contributed by atoms with van der Waals surface area (Å²) in [5.74, 6) is 1.13. The summed E-state index contributed by atoms with van der Waals surface area (Å²) < 4.78 is 20.5. The second-order valence-corrected chi connectivity index (χ2v) is 8.82. The van der Waals surface area contributed by atoms with E-state index in [2.05, 4.69) is 5.32 Å². The molecule has 3 rings (SSSR count). The van der Waals surface area contributed by atoms with Crippen LogP contribution in [0.5, 0.6) is 17.2 Å². The predicted molar refractivity (Wildman–Crippen MR) is 118 cm³/mol. The van der Waals surface area contributed by atoms with Crippen molar-refractivity contribution < 1.29 is 28.5 Å². The van der Waals surface area contributed by atoms with Crippen molar-refractivity contribution in [3.05, 3.63) is 48.0 Å². The summed E-state index contributed by atoms with van der Waals surface area (Å²) in [5.41, 5.74) is 0.727. The van der Waals surface area contributed by atoms with Gasteiger partial charge in [0.15, 0.2) is 16.2 Å². The number of thioether (sulfide) groups is 1. The molecular weight excluding hydrogens is 418 g/mol. The van der Waals surface area contributed by atoms with Crippen molar-refractivity contribution in [2.24, 2.45) is 0 Å². The highest BCUT2D eigenvalue weighted by Gasteiger charge is 2.55. The lowest BCUT2D eigenvalue weighted by Crippen LogP contribution is -2.41. The van der Waals surface area contributed by atoms with Crippen molar-refractivity contribution in [2.45, 2.75) is 42.1 Å². The molecule has 31 heavy (non-hydrogen) atoms. The standard InChI is InChI=1S/C23H27NO6S/c1-14(2)30-18-11-6-15(12-19(18)28-4)21-23(22(26)29-5,13-20(25)24-21)31-17-9-7-16(27-3)8-10-17/h6-12,14,21H,13H2,1-5H3,(H,24,25)/t21-,23+/m1/s1. The molecule has 1 heterocycles. The summed E-state index contributed by atoms with van der Waals surface area (Å²) in [7, 11) is 4.48. The number of nitrogens with one attached hydrogen (secondary N) is 1. The molecule has 0 saturated carbocycles. The van der Waals surface area contributed by atoms with Gasteiger partial charge in [-0.3, -0.25) is 9.59 Å². The van der Waals surface area contributed by atoms with Gasteiger partial charge >= 0.3 is 5.97 Å². The van der Waals surface area contributed by atoms with E-state index in [1.807, 2.05) is 44.2 Å². The summed E-state index contributed by atoms with van der Waals surface area (Å²) in [6.07, 6.45) is -0.0288. The van der Waals surface area contributed by atoms with Gasteiger partial charge in [-0.05, 0) is 55.8 Å². The van der Waals surface area contributed by atoms with Crippen LogP contribution >= 0.6 is 11.8 Å². The lowest BCUT2D eigenvalue weighted by molar-refractivity contribution is -0.144. The second-order valence-electron chi connectivity index (χ2n) is 7.41. The van der Waals surface area contributed by atoms with Crippen molar-refractivity contribution >= 4 is 23.6 Å². The Morgan fingerprint density at radius 3 is 2.35 bits per heavy atom. The van der Waals surface area contributed by atoms with Crippen molar-refractivity contribution in [3.63, 3.8) is 0 Å². The monoisotopic (exact) mass is 445 g/mol. The highest BCUT2D eigenvalue weighted by atomic mass is 32.2.